The maximum absolute atomic E-state index is 9.57. The standard InChI is InChI=1S/C18H28O5/c1-12-13(2)17-15(6-7-18(4,10-19)23-17)14(3)16(12)22-11-21-9-8-20-5/h19H,6-11H2,1-5H3/t18-/m1/s1. The topological polar surface area (TPSA) is 57.2 Å². The van der Waals surface area contributed by atoms with Crippen molar-refractivity contribution in [3.63, 3.8) is 0 Å². The Kier molecular flexibility index (Phi) is 5.89. The summed E-state index contributed by atoms with van der Waals surface area (Å²) in [6.07, 6.45) is 1.67. The number of benzene rings is 1. The molecule has 1 aliphatic rings. The molecule has 1 heterocycles. The Morgan fingerprint density at radius 1 is 1.13 bits per heavy atom. The van der Waals surface area contributed by atoms with Crippen molar-refractivity contribution in [2.45, 2.75) is 46.1 Å². The summed E-state index contributed by atoms with van der Waals surface area (Å²) < 4.78 is 22.3. The van der Waals surface area contributed by atoms with Crippen molar-refractivity contribution in [3.05, 3.63) is 22.3 Å². The summed E-state index contributed by atoms with van der Waals surface area (Å²) >= 11 is 0. The van der Waals surface area contributed by atoms with Gasteiger partial charge < -0.3 is 24.1 Å². The van der Waals surface area contributed by atoms with Crippen LogP contribution in [0.5, 0.6) is 11.5 Å². The molecule has 23 heavy (non-hydrogen) atoms. The SMILES string of the molecule is COCCOCOc1c(C)c(C)c2c(c1C)CC[C@](C)(CO)O2. The van der Waals surface area contributed by atoms with Crippen molar-refractivity contribution in [2.24, 2.45) is 0 Å². The summed E-state index contributed by atoms with van der Waals surface area (Å²) in [4.78, 5) is 0. The van der Waals surface area contributed by atoms with Crippen LogP contribution in [0.25, 0.3) is 0 Å². The van der Waals surface area contributed by atoms with Crippen LogP contribution in [-0.2, 0) is 15.9 Å². The molecule has 0 spiro atoms. The van der Waals surface area contributed by atoms with Gasteiger partial charge in [-0.2, -0.15) is 0 Å². The fraction of sp³-hybridized carbons (Fsp3) is 0.667. The van der Waals surface area contributed by atoms with Crippen LogP contribution in [0.2, 0.25) is 0 Å². The van der Waals surface area contributed by atoms with Gasteiger partial charge in [0.25, 0.3) is 0 Å². The summed E-state index contributed by atoms with van der Waals surface area (Å²) in [6, 6.07) is 0. The molecule has 1 aromatic carbocycles. The van der Waals surface area contributed by atoms with Crippen molar-refractivity contribution in [1.82, 2.24) is 0 Å². The van der Waals surface area contributed by atoms with Crippen molar-refractivity contribution in [1.29, 1.82) is 0 Å². The molecule has 1 atom stereocenters. The van der Waals surface area contributed by atoms with E-state index in [0.717, 1.165) is 41.0 Å². The van der Waals surface area contributed by atoms with Crippen LogP contribution < -0.4 is 9.47 Å². The minimum atomic E-state index is -0.498. The molecular weight excluding hydrogens is 296 g/mol. The van der Waals surface area contributed by atoms with Gasteiger partial charge in [-0.15, -0.1) is 0 Å². The molecule has 0 radical (unpaired) electrons. The predicted molar refractivity (Wildman–Crippen MR) is 88.4 cm³/mol. The van der Waals surface area contributed by atoms with Gasteiger partial charge in [-0.3, -0.25) is 0 Å². The van der Waals surface area contributed by atoms with Gasteiger partial charge in [0.15, 0.2) is 6.79 Å². The minimum Gasteiger partial charge on any atom is -0.485 e. The molecule has 130 valence electrons. The third-order valence-corrected chi connectivity index (χ3v) is 4.62. The highest BCUT2D eigenvalue weighted by Gasteiger charge is 2.34. The second-order valence-electron chi connectivity index (χ2n) is 6.39. The first kappa shape index (κ1) is 18.0. The van der Waals surface area contributed by atoms with Crippen LogP contribution in [0.15, 0.2) is 0 Å². The van der Waals surface area contributed by atoms with E-state index < -0.39 is 5.60 Å². The van der Waals surface area contributed by atoms with Crippen LogP contribution in [0, 0.1) is 20.8 Å². The van der Waals surface area contributed by atoms with E-state index in [1.165, 1.54) is 5.56 Å². The fourth-order valence-corrected chi connectivity index (χ4v) is 2.91. The zero-order valence-corrected chi connectivity index (χ0v) is 14.8. The van der Waals surface area contributed by atoms with Gasteiger partial charge in [-0.25, -0.2) is 0 Å². The minimum absolute atomic E-state index is 0.0234. The van der Waals surface area contributed by atoms with E-state index in [1.807, 2.05) is 20.8 Å². The van der Waals surface area contributed by atoms with Crippen molar-refractivity contribution in [2.75, 3.05) is 33.7 Å². The lowest BCUT2D eigenvalue weighted by Crippen LogP contribution is -2.40. The molecule has 5 heteroatoms. The normalized spacial score (nSPS) is 20.1. The Morgan fingerprint density at radius 3 is 2.52 bits per heavy atom. The van der Waals surface area contributed by atoms with E-state index in [9.17, 15) is 5.11 Å². The Labute approximate surface area is 138 Å². The number of methoxy groups -OCH3 is 1. The van der Waals surface area contributed by atoms with E-state index in [1.54, 1.807) is 7.11 Å². The molecule has 0 saturated carbocycles. The molecule has 1 aromatic rings. The first-order valence-electron chi connectivity index (χ1n) is 8.05. The maximum atomic E-state index is 9.57. The highest BCUT2D eigenvalue weighted by molar-refractivity contribution is 5.59. The largest absolute Gasteiger partial charge is 0.485 e. The summed E-state index contributed by atoms with van der Waals surface area (Å²) in [5.41, 5.74) is 3.89. The van der Waals surface area contributed by atoms with Gasteiger partial charge in [0, 0.05) is 12.7 Å². The van der Waals surface area contributed by atoms with Crippen LogP contribution in [-0.4, -0.2) is 44.4 Å². The summed E-state index contributed by atoms with van der Waals surface area (Å²) in [7, 11) is 1.64. The molecule has 1 N–H and O–H groups in total. The third kappa shape index (κ3) is 3.79. The predicted octanol–water partition coefficient (Wildman–Crippen LogP) is 2.69. The highest BCUT2D eigenvalue weighted by atomic mass is 16.7. The van der Waals surface area contributed by atoms with Gasteiger partial charge in [0.2, 0.25) is 0 Å². The van der Waals surface area contributed by atoms with Gasteiger partial charge in [-0.05, 0) is 57.2 Å². The van der Waals surface area contributed by atoms with E-state index in [2.05, 4.69) is 6.92 Å². The zero-order chi connectivity index (χ0) is 17.0. The number of rotatable bonds is 7. The van der Waals surface area contributed by atoms with Crippen LogP contribution >= 0.6 is 0 Å². The molecule has 1 aliphatic heterocycles. The molecule has 0 saturated heterocycles. The lowest BCUT2D eigenvalue weighted by molar-refractivity contribution is -0.00988. The summed E-state index contributed by atoms with van der Waals surface area (Å²) in [6.45, 7) is 9.37. The Morgan fingerprint density at radius 2 is 1.87 bits per heavy atom. The molecule has 0 aromatic heterocycles. The molecule has 0 fully saturated rings. The average Bonchev–Trinajstić information content (AvgIpc) is 2.55. The molecule has 0 amide bonds. The van der Waals surface area contributed by atoms with E-state index >= 15 is 0 Å². The van der Waals surface area contributed by atoms with Crippen LogP contribution in [0.1, 0.15) is 35.6 Å². The quantitative estimate of drug-likeness (QED) is 0.617. The second-order valence-corrected chi connectivity index (χ2v) is 6.39. The lowest BCUT2D eigenvalue weighted by Gasteiger charge is -2.37. The van der Waals surface area contributed by atoms with Crippen molar-refractivity contribution < 1.29 is 24.1 Å². The van der Waals surface area contributed by atoms with Gasteiger partial charge in [-0.1, -0.05) is 0 Å². The average molecular weight is 324 g/mol. The van der Waals surface area contributed by atoms with E-state index in [0.29, 0.717) is 13.2 Å². The molecule has 5 nitrogen and oxygen atoms in total. The first-order valence-corrected chi connectivity index (χ1v) is 8.05. The first-order chi connectivity index (χ1) is 10.9. The van der Waals surface area contributed by atoms with Crippen LogP contribution in [0.4, 0.5) is 0 Å². The van der Waals surface area contributed by atoms with E-state index in [-0.39, 0.29) is 13.4 Å². The molecule has 0 unspecified atom stereocenters. The monoisotopic (exact) mass is 324 g/mol. The maximum Gasteiger partial charge on any atom is 0.189 e. The number of ether oxygens (including phenoxy) is 4. The fourth-order valence-electron chi connectivity index (χ4n) is 2.91. The van der Waals surface area contributed by atoms with Gasteiger partial charge >= 0.3 is 0 Å². The molecule has 0 aliphatic carbocycles. The Hall–Kier alpha value is -1.30. The number of hydrogen-bond donors (Lipinski definition) is 1. The molecule has 2 rings (SSSR count). The summed E-state index contributed by atoms with van der Waals surface area (Å²) in [5, 5.41) is 9.57. The van der Waals surface area contributed by atoms with Crippen molar-refractivity contribution >= 4 is 0 Å². The number of aliphatic hydroxyl groups excluding tert-OH is 1. The molecular formula is C18H28O5. The highest BCUT2D eigenvalue weighted by Crippen LogP contribution is 2.43. The Bertz CT molecular complexity index is 555. The van der Waals surface area contributed by atoms with Gasteiger partial charge in [0.05, 0.1) is 19.8 Å². The second kappa shape index (κ2) is 7.51. The lowest BCUT2D eigenvalue weighted by atomic mass is 9.87. The smallest absolute Gasteiger partial charge is 0.189 e. The number of aliphatic hydroxyl groups is 1. The van der Waals surface area contributed by atoms with Gasteiger partial charge in [0.1, 0.15) is 17.1 Å². The van der Waals surface area contributed by atoms with Crippen molar-refractivity contribution in [3.8, 4) is 11.5 Å². The number of hydrogen-bond acceptors (Lipinski definition) is 5. The zero-order valence-electron chi connectivity index (χ0n) is 14.8. The molecule has 0 bridgehead atoms. The summed E-state index contributed by atoms with van der Waals surface area (Å²) in [5.74, 6) is 1.77. The third-order valence-electron chi connectivity index (χ3n) is 4.62. The van der Waals surface area contributed by atoms with E-state index in [4.69, 9.17) is 18.9 Å². The van der Waals surface area contributed by atoms with Crippen LogP contribution in [0.3, 0.4) is 0 Å². The Balaban J connectivity index is 2.22. The number of fused-ring (bicyclic) bond motifs is 1.